The van der Waals surface area contributed by atoms with Crippen LogP contribution >= 0.6 is 23.2 Å². The van der Waals surface area contributed by atoms with E-state index >= 15 is 0 Å². The normalized spacial score (nSPS) is 11.3. The fourth-order valence-electron chi connectivity index (χ4n) is 3.78. The van der Waals surface area contributed by atoms with Crippen molar-refractivity contribution in [3.8, 4) is 11.5 Å². The molecule has 0 aromatic heterocycles. The molecule has 4 aromatic carbocycles. The fourth-order valence-corrected chi connectivity index (χ4v) is 5.68. The molecule has 0 aliphatic carbocycles. The van der Waals surface area contributed by atoms with E-state index in [-0.39, 0.29) is 20.6 Å². The Morgan fingerprint density at radius 1 is 0.902 bits per heavy atom. The number of carbonyl (C=O) groups excluding carboxylic acids is 1. The Morgan fingerprint density at radius 3 is 2.32 bits per heavy atom. The molecular formula is C30H27Cl2N3O5S. The van der Waals surface area contributed by atoms with Gasteiger partial charge in [-0.1, -0.05) is 77.8 Å². The number of nitrogens with one attached hydrogen (secondary N) is 1. The molecule has 0 aliphatic heterocycles. The lowest BCUT2D eigenvalue weighted by Crippen LogP contribution is -2.39. The van der Waals surface area contributed by atoms with Gasteiger partial charge in [-0.05, 0) is 60.5 Å². The predicted octanol–water partition coefficient (Wildman–Crippen LogP) is 6.32. The molecule has 11 heteroatoms. The summed E-state index contributed by atoms with van der Waals surface area (Å²) >= 11 is 12.5. The summed E-state index contributed by atoms with van der Waals surface area (Å²) in [5.74, 6) is 0.399. The van der Waals surface area contributed by atoms with Gasteiger partial charge in [0.05, 0.1) is 33.4 Å². The van der Waals surface area contributed by atoms with Crippen molar-refractivity contribution in [3.63, 3.8) is 0 Å². The van der Waals surface area contributed by atoms with Crippen molar-refractivity contribution in [3.05, 3.63) is 118 Å². The van der Waals surface area contributed by atoms with Gasteiger partial charge in [-0.25, -0.2) is 13.8 Å². The van der Waals surface area contributed by atoms with Crippen LogP contribution in [0.3, 0.4) is 0 Å². The number of sulfonamides is 1. The highest BCUT2D eigenvalue weighted by atomic mass is 35.5. The van der Waals surface area contributed by atoms with Crippen LogP contribution in [0.5, 0.6) is 11.5 Å². The molecule has 0 fully saturated rings. The highest BCUT2D eigenvalue weighted by molar-refractivity contribution is 7.92. The molecule has 1 amide bonds. The van der Waals surface area contributed by atoms with Crippen LogP contribution in [0, 0.1) is 0 Å². The van der Waals surface area contributed by atoms with Crippen molar-refractivity contribution >= 4 is 51.0 Å². The van der Waals surface area contributed by atoms with E-state index in [2.05, 4.69) is 10.5 Å². The Balaban J connectivity index is 1.49. The number of rotatable bonds is 12. The number of hydrogen-bond acceptors (Lipinski definition) is 6. The summed E-state index contributed by atoms with van der Waals surface area (Å²) in [6.07, 6.45) is 1.42. The van der Waals surface area contributed by atoms with E-state index in [1.807, 2.05) is 37.3 Å². The third-order valence-electron chi connectivity index (χ3n) is 5.73. The summed E-state index contributed by atoms with van der Waals surface area (Å²) in [6.45, 7) is 2.08. The molecule has 0 spiro atoms. The number of carbonyl (C=O) groups is 1. The van der Waals surface area contributed by atoms with E-state index in [1.54, 1.807) is 42.5 Å². The van der Waals surface area contributed by atoms with E-state index in [0.717, 1.165) is 9.87 Å². The maximum Gasteiger partial charge on any atom is 0.264 e. The standard InChI is InChI=1S/C30H27Cl2N3O5S/c1-2-39-28-18-23(16-17-27(28)40-21-22-10-5-3-6-11-22)19-33-34-29(36)20-35(26-15-9-14-25(31)30(26)32)41(37,38)24-12-7-4-8-13-24/h3-19H,2,20-21H2,1H3,(H,34,36). The van der Waals surface area contributed by atoms with E-state index in [0.29, 0.717) is 30.3 Å². The van der Waals surface area contributed by atoms with Crippen LogP contribution in [0.2, 0.25) is 10.0 Å². The van der Waals surface area contributed by atoms with Crippen molar-refractivity contribution < 1.29 is 22.7 Å². The van der Waals surface area contributed by atoms with Crippen molar-refractivity contribution in [1.82, 2.24) is 5.43 Å². The predicted molar refractivity (Wildman–Crippen MR) is 162 cm³/mol. The fraction of sp³-hybridized carbons (Fsp3) is 0.133. The molecule has 1 N–H and O–H groups in total. The molecule has 4 rings (SSSR count). The van der Waals surface area contributed by atoms with Crippen molar-refractivity contribution in [2.45, 2.75) is 18.4 Å². The largest absolute Gasteiger partial charge is 0.490 e. The van der Waals surface area contributed by atoms with Crippen LogP contribution in [0.4, 0.5) is 5.69 Å². The summed E-state index contributed by atoms with van der Waals surface area (Å²) in [4.78, 5) is 12.9. The molecule has 8 nitrogen and oxygen atoms in total. The van der Waals surface area contributed by atoms with Gasteiger partial charge in [0.1, 0.15) is 13.2 Å². The zero-order valence-electron chi connectivity index (χ0n) is 22.0. The van der Waals surface area contributed by atoms with Crippen LogP contribution in [0.15, 0.2) is 107 Å². The first-order valence-corrected chi connectivity index (χ1v) is 14.8. The number of hydrazone groups is 1. The zero-order valence-corrected chi connectivity index (χ0v) is 24.4. The highest BCUT2D eigenvalue weighted by Gasteiger charge is 2.29. The van der Waals surface area contributed by atoms with Gasteiger partial charge in [-0.3, -0.25) is 9.10 Å². The first-order chi connectivity index (χ1) is 19.8. The molecule has 4 aromatic rings. The van der Waals surface area contributed by atoms with Crippen LogP contribution in [-0.2, 0) is 21.4 Å². The number of hydrogen-bond donors (Lipinski definition) is 1. The first kappa shape index (κ1) is 29.9. The van der Waals surface area contributed by atoms with E-state index in [4.69, 9.17) is 32.7 Å². The molecule has 0 bridgehead atoms. The Hall–Kier alpha value is -4.05. The average molecular weight is 613 g/mol. The highest BCUT2D eigenvalue weighted by Crippen LogP contribution is 2.35. The Bertz CT molecular complexity index is 1620. The summed E-state index contributed by atoms with van der Waals surface area (Å²) in [6, 6.07) is 27.3. The van der Waals surface area contributed by atoms with Crippen LogP contribution in [-0.4, -0.2) is 33.7 Å². The molecule has 0 saturated heterocycles. The maximum absolute atomic E-state index is 13.5. The monoisotopic (exact) mass is 611 g/mol. The lowest BCUT2D eigenvalue weighted by Gasteiger charge is -2.24. The molecule has 0 aliphatic rings. The van der Waals surface area contributed by atoms with E-state index < -0.39 is 22.5 Å². The van der Waals surface area contributed by atoms with Gasteiger partial charge in [-0.15, -0.1) is 0 Å². The minimum Gasteiger partial charge on any atom is -0.490 e. The molecule has 0 heterocycles. The number of nitrogens with zero attached hydrogens (tertiary/aromatic N) is 2. The summed E-state index contributed by atoms with van der Waals surface area (Å²) in [7, 11) is -4.16. The van der Waals surface area contributed by atoms with Gasteiger partial charge in [0.15, 0.2) is 11.5 Å². The Labute approximate surface area is 249 Å². The topological polar surface area (TPSA) is 97.3 Å². The lowest BCUT2D eigenvalue weighted by atomic mass is 10.2. The van der Waals surface area contributed by atoms with Crippen molar-refractivity contribution in [2.75, 3.05) is 17.5 Å². The number of ether oxygens (including phenoxy) is 2. The number of benzene rings is 4. The number of anilines is 1. The Kier molecular flexibility index (Phi) is 10.2. The molecular weight excluding hydrogens is 585 g/mol. The second-order valence-corrected chi connectivity index (χ2v) is 11.3. The van der Waals surface area contributed by atoms with Crippen LogP contribution in [0.25, 0.3) is 0 Å². The van der Waals surface area contributed by atoms with Gasteiger partial charge in [0, 0.05) is 0 Å². The summed E-state index contributed by atoms with van der Waals surface area (Å²) in [5, 5.41) is 4.16. The van der Waals surface area contributed by atoms with Gasteiger partial charge in [0.25, 0.3) is 15.9 Å². The van der Waals surface area contributed by atoms with Crippen LogP contribution in [0.1, 0.15) is 18.1 Å². The van der Waals surface area contributed by atoms with Gasteiger partial charge < -0.3 is 9.47 Å². The lowest BCUT2D eigenvalue weighted by molar-refractivity contribution is -0.119. The smallest absolute Gasteiger partial charge is 0.264 e. The minimum absolute atomic E-state index is 0.00278. The summed E-state index contributed by atoms with van der Waals surface area (Å²) in [5.41, 5.74) is 4.09. The van der Waals surface area contributed by atoms with Crippen molar-refractivity contribution in [1.29, 1.82) is 0 Å². The number of amides is 1. The van der Waals surface area contributed by atoms with Gasteiger partial charge in [-0.2, -0.15) is 5.10 Å². The summed E-state index contributed by atoms with van der Waals surface area (Å²) < 4.78 is 39.5. The average Bonchev–Trinajstić information content (AvgIpc) is 2.98. The molecule has 41 heavy (non-hydrogen) atoms. The zero-order chi connectivity index (χ0) is 29.2. The second kappa shape index (κ2) is 14.0. The second-order valence-electron chi connectivity index (χ2n) is 8.60. The van der Waals surface area contributed by atoms with Gasteiger partial charge >= 0.3 is 0 Å². The molecule has 212 valence electrons. The molecule has 0 radical (unpaired) electrons. The number of halogens is 2. The third-order valence-corrected chi connectivity index (χ3v) is 8.31. The van der Waals surface area contributed by atoms with E-state index in [9.17, 15) is 13.2 Å². The first-order valence-electron chi connectivity index (χ1n) is 12.6. The van der Waals surface area contributed by atoms with Crippen molar-refractivity contribution in [2.24, 2.45) is 5.10 Å². The molecule has 0 unspecified atom stereocenters. The SMILES string of the molecule is CCOc1cc(C=NNC(=O)CN(c2cccc(Cl)c2Cl)S(=O)(=O)c2ccccc2)ccc1OCc1ccccc1. The maximum atomic E-state index is 13.5. The van der Waals surface area contributed by atoms with E-state index in [1.165, 1.54) is 30.5 Å². The molecule has 0 atom stereocenters. The molecule has 0 saturated carbocycles. The third kappa shape index (κ3) is 7.79. The minimum atomic E-state index is -4.16. The Morgan fingerprint density at radius 2 is 1.61 bits per heavy atom. The quantitative estimate of drug-likeness (QED) is 0.149. The van der Waals surface area contributed by atoms with Crippen LogP contribution < -0.4 is 19.2 Å². The van der Waals surface area contributed by atoms with Gasteiger partial charge in [0.2, 0.25) is 0 Å².